The van der Waals surface area contributed by atoms with Crippen molar-refractivity contribution in [2.45, 2.75) is 44.5 Å². The fraction of sp³-hybridized carbons (Fsp3) is 0.538. The van der Waals surface area contributed by atoms with Crippen molar-refractivity contribution in [1.29, 1.82) is 0 Å². The second-order valence-electron chi connectivity index (χ2n) is 4.47. The van der Waals surface area contributed by atoms with Gasteiger partial charge in [-0.3, -0.25) is 0 Å². The van der Waals surface area contributed by atoms with Gasteiger partial charge in [-0.1, -0.05) is 25.8 Å². The lowest BCUT2D eigenvalue weighted by Crippen LogP contribution is -2.26. The lowest BCUT2D eigenvalue weighted by Gasteiger charge is -2.20. The Morgan fingerprint density at radius 3 is 2.42 bits per heavy atom. The minimum absolute atomic E-state index is 0.161. The Morgan fingerprint density at radius 1 is 1.32 bits per heavy atom. The lowest BCUT2D eigenvalue weighted by atomic mass is 9.97. The minimum Gasteiger partial charge on any atom is -0.391 e. The average Bonchev–Trinajstić information content (AvgIpc) is 2.33. The van der Waals surface area contributed by atoms with Gasteiger partial charge in [-0.15, -0.1) is 0 Å². The highest BCUT2D eigenvalue weighted by Crippen LogP contribution is 2.32. The van der Waals surface area contributed by atoms with Crippen molar-refractivity contribution in [3.05, 3.63) is 35.1 Å². The fourth-order valence-corrected chi connectivity index (χ4v) is 1.78. The molecule has 3 N–H and O–H groups in total. The first-order valence-electron chi connectivity index (χ1n) is 6.07. The maximum Gasteiger partial charge on any atom is 0.419 e. The molecule has 0 heterocycles. The van der Waals surface area contributed by atoms with E-state index in [1.807, 2.05) is 6.92 Å². The number of benzene rings is 1. The first kappa shape index (κ1) is 15.9. The number of halogens is 4. The highest BCUT2D eigenvalue weighted by molar-refractivity contribution is 5.28. The number of rotatable bonds is 5. The van der Waals surface area contributed by atoms with Crippen LogP contribution in [-0.4, -0.2) is 11.2 Å². The Balaban J connectivity index is 2.88. The number of aliphatic hydroxyl groups excluding tert-OH is 1. The molecule has 108 valence electrons. The molecule has 0 aliphatic heterocycles. The predicted molar refractivity (Wildman–Crippen MR) is 63.9 cm³/mol. The van der Waals surface area contributed by atoms with E-state index in [1.54, 1.807) is 0 Å². The van der Waals surface area contributed by atoms with Crippen LogP contribution in [0.15, 0.2) is 18.2 Å². The second kappa shape index (κ2) is 6.34. The Kier molecular flexibility index (Phi) is 5.31. The summed E-state index contributed by atoms with van der Waals surface area (Å²) in [6.07, 6.45) is -3.58. The largest absolute Gasteiger partial charge is 0.419 e. The summed E-state index contributed by atoms with van der Waals surface area (Å²) < 4.78 is 50.5. The molecule has 0 radical (unpaired) electrons. The van der Waals surface area contributed by atoms with Crippen LogP contribution in [0.2, 0.25) is 0 Å². The molecule has 19 heavy (non-hydrogen) atoms. The van der Waals surface area contributed by atoms with Crippen LogP contribution in [-0.2, 0) is 6.18 Å². The van der Waals surface area contributed by atoms with E-state index in [-0.39, 0.29) is 5.56 Å². The smallest absolute Gasteiger partial charge is 0.391 e. The Hall–Kier alpha value is -1.14. The van der Waals surface area contributed by atoms with Crippen molar-refractivity contribution < 1.29 is 22.7 Å². The zero-order valence-corrected chi connectivity index (χ0v) is 10.5. The van der Waals surface area contributed by atoms with Crippen LogP contribution in [0.3, 0.4) is 0 Å². The average molecular weight is 279 g/mol. The van der Waals surface area contributed by atoms with Crippen LogP contribution in [0.1, 0.15) is 43.4 Å². The molecule has 0 spiro atoms. The van der Waals surface area contributed by atoms with Gasteiger partial charge in [0, 0.05) is 0 Å². The molecule has 0 aliphatic rings. The summed E-state index contributed by atoms with van der Waals surface area (Å²) in [6.45, 7) is 1.94. The van der Waals surface area contributed by atoms with Gasteiger partial charge in [-0.05, 0) is 24.1 Å². The van der Waals surface area contributed by atoms with Crippen molar-refractivity contribution >= 4 is 0 Å². The molecule has 2 nitrogen and oxygen atoms in total. The summed E-state index contributed by atoms with van der Waals surface area (Å²) in [5.41, 5.74) is 4.54. The molecular weight excluding hydrogens is 262 g/mol. The van der Waals surface area contributed by atoms with Gasteiger partial charge in [0.05, 0.1) is 17.7 Å². The Labute approximate surface area is 109 Å². The van der Waals surface area contributed by atoms with E-state index in [2.05, 4.69) is 0 Å². The molecule has 1 aromatic carbocycles. The molecule has 0 fully saturated rings. The third kappa shape index (κ3) is 4.18. The SMILES string of the molecule is CCCC[C@@H](O)[C@@H](N)c1ccc(C(F)(F)F)c(F)c1. The number of unbranched alkanes of at least 4 members (excludes halogenated alkanes) is 1. The number of hydrogen-bond donors (Lipinski definition) is 2. The van der Waals surface area contributed by atoms with Crippen molar-refractivity contribution in [3.63, 3.8) is 0 Å². The van der Waals surface area contributed by atoms with Crippen LogP contribution in [0.5, 0.6) is 0 Å². The van der Waals surface area contributed by atoms with E-state index in [1.165, 1.54) is 0 Å². The highest BCUT2D eigenvalue weighted by Gasteiger charge is 2.34. The fourth-order valence-electron chi connectivity index (χ4n) is 1.78. The van der Waals surface area contributed by atoms with Crippen LogP contribution in [0.25, 0.3) is 0 Å². The molecule has 0 unspecified atom stereocenters. The second-order valence-corrected chi connectivity index (χ2v) is 4.47. The lowest BCUT2D eigenvalue weighted by molar-refractivity contribution is -0.140. The molecule has 2 atom stereocenters. The summed E-state index contributed by atoms with van der Waals surface area (Å²) in [6, 6.07) is 1.61. The standard InChI is InChI=1S/C13H17F4NO/c1-2-3-4-11(19)12(18)8-5-6-9(10(14)7-8)13(15,16)17/h5-7,11-12,19H,2-4,18H2,1H3/t11-,12+/m1/s1. The zero-order valence-electron chi connectivity index (χ0n) is 10.5. The van der Waals surface area contributed by atoms with Gasteiger partial charge >= 0.3 is 6.18 Å². The van der Waals surface area contributed by atoms with Crippen molar-refractivity contribution in [2.24, 2.45) is 5.73 Å². The van der Waals surface area contributed by atoms with E-state index in [9.17, 15) is 22.7 Å². The van der Waals surface area contributed by atoms with Crippen LogP contribution in [0.4, 0.5) is 17.6 Å². The van der Waals surface area contributed by atoms with Crippen LogP contribution in [0, 0.1) is 5.82 Å². The maximum absolute atomic E-state index is 13.4. The molecule has 1 aromatic rings. The van der Waals surface area contributed by atoms with Crippen molar-refractivity contribution in [2.75, 3.05) is 0 Å². The van der Waals surface area contributed by atoms with Crippen LogP contribution >= 0.6 is 0 Å². The number of alkyl halides is 3. The van der Waals surface area contributed by atoms with Gasteiger partial charge in [0.1, 0.15) is 5.82 Å². The third-order valence-corrected chi connectivity index (χ3v) is 2.95. The van der Waals surface area contributed by atoms with Crippen molar-refractivity contribution in [3.8, 4) is 0 Å². The summed E-state index contributed by atoms with van der Waals surface area (Å²) >= 11 is 0. The van der Waals surface area contributed by atoms with Gasteiger partial charge in [-0.2, -0.15) is 13.2 Å². The third-order valence-electron chi connectivity index (χ3n) is 2.95. The van der Waals surface area contributed by atoms with Gasteiger partial charge in [0.2, 0.25) is 0 Å². The monoisotopic (exact) mass is 279 g/mol. The van der Waals surface area contributed by atoms with E-state index < -0.39 is 29.7 Å². The van der Waals surface area contributed by atoms with E-state index in [0.29, 0.717) is 12.5 Å². The first-order chi connectivity index (χ1) is 8.77. The van der Waals surface area contributed by atoms with Crippen molar-refractivity contribution in [1.82, 2.24) is 0 Å². The highest BCUT2D eigenvalue weighted by atomic mass is 19.4. The minimum atomic E-state index is -4.73. The molecule has 1 rings (SSSR count). The van der Waals surface area contributed by atoms with Gasteiger partial charge in [-0.25, -0.2) is 4.39 Å². The van der Waals surface area contributed by atoms with Gasteiger partial charge in [0.25, 0.3) is 0 Å². The topological polar surface area (TPSA) is 46.2 Å². The number of aliphatic hydroxyl groups is 1. The molecular formula is C13H17F4NO. The van der Waals surface area contributed by atoms with Gasteiger partial charge < -0.3 is 10.8 Å². The number of hydrogen-bond acceptors (Lipinski definition) is 2. The summed E-state index contributed by atoms with van der Waals surface area (Å²) in [4.78, 5) is 0. The Bertz CT molecular complexity index is 420. The maximum atomic E-state index is 13.4. The number of nitrogens with two attached hydrogens (primary N) is 1. The zero-order chi connectivity index (χ0) is 14.6. The molecule has 0 aliphatic carbocycles. The quantitative estimate of drug-likeness (QED) is 0.811. The van der Waals surface area contributed by atoms with Gasteiger partial charge in [0.15, 0.2) is 0 Å². The molecule has 6 heteroatoms. The molecule has 0 aromatic heterocycles. The first-order valence-corrected chi connectivity index (χ1v) is 6.07. The van der Waals surface area contributed by atoms with Crippen LogP contribution < -0.4 is 5.73 Å². The van der Waals surface area contributed by atoms with E-state index in [4.69, 9.17) is 5.73 Å². The summed E-state index contributed by atoms with van der Waals surface area (Å²) in [5.74, 6) is -1.37. The molecule has 0 amide bonds. The Morgan fingerprint density at radius 2 is 1.95 bits per heavy atom. The molecule has 0 bridgehead atoms. The normalized spacial score (nSPS) is 15.3. The molecule has 0 saturated heterocycles. The molecule has 0 saturated carbocycles. The van der Waals surface area contributed by atoms with E-state index >= 15 is 0 Å². The predicted octanol–water partition coefficient (Wildman–Crippen LogP) is 3.40. The van der Waals surface area contributed by atoms with E-state index in [0.717, 1.165) is 25.0 Å². The summed E-state index contributed by atoms with van der Waals surface area (Å²) in [7, 11) is 0. The summed E-state index contributed by atoms with van der Waals surface area (Å²) in [5, 5.41) is 9.75.